The first-order valence-corrected chi connectivity index (χ1v) is 9.14. The van der Waals surface area contributed by atoms with Crippen LogP contribution in [-0.2, 0) is 15.0 Å². The lowest BCUT2D eigenvalue weighted by Gasteiger charge is -2.41. The third-order valence-corrected chi connectivity index (χ3v) is 6.53. The van der Waals surface area contributed by atoms with E-state index in [9.17, 15) is 9.59 Å². The SMILES string of the molecule is CC(=O)C1(c2ccccc2)CCN(C(=O)[C@@H]2C[C@@H]3C=C[C@H]2C3)CC1. The van der Waals surface area contributed by atoms with E-state index in [2.05, 4.69) is 24.3 Å². The van der Waals surface area contributed by atoms with Crippen molar-refractivity contribution >= 4 is 11.7 Å². The van der Waals surface area contributed by atoms with E-state index in [0.29, 0.717) is 30.8 Å². The zero-order valence-corrected chi connectivity index (χ0v) is 14.3. The van der Waals surface area contributed by atoms with Crippen LogP contribution in [0.25, 0.3) is 0 Å². The lowest BCUT2D eigenvalue weighted by atomic mass is 9.70. The molecule has 0 spiro atoms. The summed E-state index contributed by atoms with van der Waals surface area (Å²) in [6.07, 6.45) is 8.19. The molecule has 3 aliphatic rings. The van der Waals surface area contributed by atoms with Crippen molar-refractivity contribution in [2.45, 2.75) is 38.0 Å². The summed E-state index contributed by atoms with van der Waals surface area (Å²) >= 11 is 0. The lowest BCUT2D eigenvalue weighted by Crippen LogP contribution is -2.50. The number of nitrogens with zero attached hydrogens (tertiary/aromatic N) is 1. The Balaban J connectivity index is 1.48. The third-order valence-electron chi connectivity index (χ3n) is 6.53. The second-order valence-corrected chi connectivity index (χ2v) is 7.72. The zero-order valence-electron chi connectivity index (χ0n) is 14.3. The Labute approximate surface area is 143 Å². The molecule has 24 heavy (non-hydrogen) atoms. The molecule has 1 saturated heterocycles. The maximum atomic E-state index is 12.9. The molecule has 1 aromatic rings. The molecule has 0 N–H and O–H groups in total. The van der Waals surface area contributed by atoms with Crippen LogP contribution in [0.1, 0.15) is 38.2 Å². The minimum absolute atomic E-state index is 0.182. The molecule has 4 rings (SSSR count). The van der Waals surface area contributed by atoms with Crippen molar-refractivity contribution < 1.29 is 9.59 Å². The fourth-order valence-corrected chi connectivity index (χ4v) is 5.01. The van der Waals surface area contributed by atoms with Gasteiger partial charge in [-0.3, -0.25) is 9.59 Å². The molecule has 2 fully saturated rings. The van der Waals surface area contributed by atoms with Crippen molar-refractivity contribution in [3.63, 3.8) is 0 Å². The van der Waals surface area contributed by atoms with Gasteiger partial charge in [0.15, 0.2) is 0 Å². The van der Waals surface area contributed by atoms with Gasteiger partial charge in [-0.05, 0) is 50.0 Å². The number of Topliss-reactive ketones (excluding diaryl/α,β-unsaturated/α-hetero) is 1. The number of ketones is 1. The van der Waals surface area contributed by atoms with Crippen LogP contribution in [0.15, 0.2) is 42.5 Å². The summed E-state index contributed by atoms with van der Waals surface area (Å²) in [4.78, 5) is 27.4. The fourth-order valence-electron chi connectivity index (χ4n) is 5.01. The summed E-state index contributed by atoms with van der Waals surface area (Å²) in [6, 6.07) is 10.1. The summed E-state index contributed by atoms with van der Waals surface area (Å²) in [5.74, 6) is 1.80. The number of fused-ring (bicyclic) bond motifs is 2. The number of allylic oxidation sites excluding steroid dienone is 2. The largest absolute Gasteiger partial charge is 0.342 e. The summed E-state index contributed by atoms with van der Waals surface area (Å²) in [5.41, 5.74) is 0.694. The zero-order chi connectivity index (χ0) is 16.7. The van der Waals surface area contributed by atoms with E-state index in [-0.39, 0.29) is 11.7 Å². The van der Waals surface area contributed by atoms with E-state index in [4.69, 9.17) is 0 Å². The minimum atomic E-state index is -0.410. The second kappa shape index (κ2) is 5.87. The molecular formula is C21H25NO2. The molecule has 126 valence electrons. The molecule has 1 heterocycles. The van der Waals surface area contributed by atoms with Crippen LogP contribution < -0.4 is 0 Å². The molecule has 0 radical (unpaired) electrons. The van der Waals surface area contributed by atoms with E-state index >= 15 is 0 Å². The average molecular weight is 323 g/mol. The Morgan fingerprint density at radius 3 is 2.29 bits per heavy atom. The highest BCUT2D eigenvalue weighted by molar-refractivity contribution is 5.89. The maximum absolute atomic E-state index is 12.9. The molecule has 1 saturated carbocycles. The Bertz CT molecular complexity index is 670. The number of amides is 1. The van der Waals surface area contributed by atoms with Crippen LogP contribution in [0, 0.1) is 17.8 Å². The van der Waals surface area contributed by atoms with Gasteiger partial charge >= 0.3 is 0 Å². The van der Waals surface area contributed by atoms with Crippen LogP contribution in [0.5, 0.6) is 0 Å². The predicted molar refractivity (Wildman–Crippen MR) is 93.5 cm³/mol. The van der Waals surface area contributed by atoms with Crippen molar-refractivity contribution in [3.05, 3.63) is 48.0 Å². The van der Waals surface area contributed by atoms with Gasteiger partial charge in [0.25, 0.3) is 0 Å². The summed E-state index contributed by atoms with van der Waals surface area (Å²) in [6.45, 7) is 3.10. The molecular weight excluding hydrogens is 298 g/mol. The van der Waals surface area contributed by atoms with Gasteiger partial charge in [-0.1, -0.05) is 42.5 Å². The topological polar surface area (TPSA) is 37.4 Å². The van der Waals surface area contributed by atoms with Crippen molar-refractivity contribution in [1.82, 2.24) is 4.90 Å². The number of hydrogen-bond acceptors (Lipinski definition) is 2. The number of likely N-dealkylation sites (tertiary alicyclic amines) is 1. The molecule has 2 aliphatic carbocycles. The molecule has 3 nitrogen and oxygen atoms in total. The fraction of sp³-hybridized carbons (Fsp3) is 0.524. The predicted octanol–water partition coefficient (Wildman–Crippen LogP) is 3.35. The molecule has 3 heteroatoms. The molecule has 1 aromatic carbocycles. The third kappa shape index (κ3) is 2.42. The molecule has 0 unspecified atom stereocenters. The Hall–Kier alpha value is -1.90. The monoisotopic (exact) mass is 323 g/mol. The van der Waals surface area contributed by atoms with E-state index < -0.39 is 5.41 Å². The van der Waals surface area contributed by atoms with Gasteiger partial charge in [-0.2, -0.15) is 0 Å². The number of piperidine rings is 1. The molecule has 1 aliphatic heterocycles. The smallest absolute Gasteiger partial charge is 0.226 e. The number of rotatable bonds is 3. The minimum Gasteiger partial charge on any atom is -0.342 e. The van der Waals surface area contributed by atoms with Gasteiger partial charge < -0.3 is 4.90 Å². The van der Waals surface area contributed by atoms with Gasteiger partial charge in [0.05, 0.1) is 5.41 Å². The van der Waals surface area contributed by atoms with Crippen LogP contribution in [0.4, 0.5) is 0 Å². The van der Waals surface area contributed by atoms with Crippen LogP contribution in [0.3, 0.4) is 0 Å². The summed E-state index contributed by atoms with van der Waals surface area (Å²) < 4.78 is 0. The van der Waals surface area contributed by atoms with Crippen molar-refractivity contribution in [1.29, 1.82) is 0 Å². The van der Waals surface area contributed by atoms with Gasteiger partial charge in [0.2, 0.25) is 5.91 Å². The molecule has 1 amide bonds. The quantitative estimate of drug-likeness (QED) is 0.800. The Morgan fingerprint density at radius 1 is 1.04 bits per heavy atom. The standard InChI is InChI=1S/C21H25NO2/c1-15(23)21(18-5-3-2-4-6-18)9-11-22(12-10-21)20(24)19-14-16-7-8-17(19)13-16/h2-8,16-17,19H,9-14H2,1H3/t16-,17+,19-/m1/s1. The Kier molecular flexibility index (Phi) is 3.82. The lowest BCUT2D eigenvalue weighted by molar-refractivity contribution is -0.140. The van der Waals surface area contributed by atoms with Crippen molar-refractivity contribution in [3.8, 4) is 0 Å². The second-order valence-electron chi connectivity index (χ2n) is 7.72. The normalized spacial score (nSPS) is 30.5. The number of carbonyl (C=O) groups excluding carboxylic acids is 2. The Morgan fingerprint density at radius 2 is 1.75 bits per heavy atom. The summed E-state index contributed by atoms with van der Waals surface area (Å²) in [7, 11) is 0. The molecule has 3 atom stereocenters. The highest BCUT2D eigenvalue weighted by atomic mass is 16.2. The van der Waals surface area contributed by atoms with E-state index in [1.165, 1.54) is 0 Å². The van der Waals surface area contributed by atoms with Crippen molar-refractivity contribution in [2.75, 3.05) is 13.1 Å². The molecule has 2 bridgehead atoms. The number of hydrogen-bond donors (Lipinski definition) is 0. The van der Waals surface area contributed by atoms with Gasteiger partial charge in [-0.15, -0.1) is 0 Å². The highest BCUT2D eigenvalue weighted by Gasteiger charge is 2.45. The van der Waals surface area contributed by atoms with Gasteiger partial charge in [0.1, 0.15) is 5.78 Å². The van der Waals surface area contributed by atoms with E-state index in [1.807, 2.05) is 23.1 Å². The first-order valence-electron chi connectivity index (χ1n) is 9.14. The van der Waals surface area contributed by atoms with Crippen LogP contribution in [-0.4, -0.2) is 29.7 Å². The van der Waals surface area contributed by atoms with Crippen LogP contribution >= 0.6 is 0 Å². The van der Waals surface area contributed by atoms with E-state index in [1.54, 1.807) is 6.92 Å². The molecule has 0 aromatic heterocycles. The van der Waals surface area contributed by atoms with Gasteiger partial charge in [0, 0.05) is 19.0 Å². The van der Waals surface area contributed by atoms with E-state index in [0.717, 1.165) is 31.2 Å². The highest BCUT2D eigenvalue weighted by Crippen LogP contribution is 2.45. The first-order chi connectivity index (χ1) is 11.6. The number of carbonyl (C=O) groups is 2. The van der Waals surface area contributed by atoms with Crippen LogP contribution in [0.2, 0.25) is 0 Å². The first kappa shape index (κ1) is 15.6. The van der Waals surface area contributed by atoms with Gasteiger partial charge in [-0.25, -0.2) is 0 Å². The average Bonchev–Trinajstić information content (AvgIpc) is 3.25. The summed E-state index contributed by atoms with van der Waals surface area (Å²) in [5, 5.41) is 0. The number of benzene rings is 1. The maximum Gasteiger partial charge on any atom is 0.226 e. The van der Waals surface area contributed by atoms with Crippen molar-refractivity contribution in [2.24, 2.45) is 17.8 Å².